The summed E-state index contributed by atoms with van der Waals surface area (Å²) < 4.78 is 48.0. The molecule has 0 aromatic carbocycles. The molecule has 0 radical (unpaired) electrons. The Kier molecular flexibility index (Phi) is 3.13. The molecule has 0 amide bonds. The van der Waals surface area contributed by atoms with Crippen molar-refractivity contribution in [2.75, 3.05) is 13.2 Å². The molecule has 1 aliphatic heterocycles. The first-order valence-corrected chi connectivity index (χ1v) is 3.24. The first-order chi connectivity index (χ1) is 6.09. The molecule has 0 aromatic rings. The Bertz CT molecular complexity index is 236. The van der Waals surface area contributed by atoms with Crippen LogP contribution < -0.4 is 0 Å². The molecule has 1 rings (SSSR count). The third-order valence-electron chi connectivity index (χ3n) is 1.17. The van der Waals surface area contributed by atoms with E-state index in [-0.39, 0.29) is 6.61 Å². The zero-order chi connectivity index (χ0) is 9.84. The number of carbonyl (C=O) groups excluding carboxylic acids is 1. The van der Waals surface area contributed by atoms with E-state index < -0.39 is 31.0 Å². The number of hydrogen-bond acceptors (Lipinski definition) is 4. The van der Waals surface area contributed by atoms with Gasteiger partial charge >= 0.3 is 12.2 Å². The van der Waals surface area contributed by atoms with E-state index in [0.717, 1.165) is 0 Å². The molecular formula is C6H5F3O4. The van der Waals surface area contributed by atoms with Crippen LogP contribution in [0.15, 0.2) is 11.9 Å². The highest BCUT2D eigenvalue weighted by atomic mass is 19.3. The molecular weight excluding hydrogens is 193 g/mol. The summed E-state index contributed by atoms with van der Waals surface area (Å²) in [4.78, 5) is 10.3. The minimum Gasteiger partial charge on any atom is -0.428 e. The molecule has 74 valence electrons. The second-order valence-electron chi connectivity index (χ2n) is 2.08. The molecule has 1 saturated heterocycles. The minimum absolute atomic E-state index is 0.222. The van der Waals surface area contributed by atoms with Gasteiger partial charge in [-0.05, 0) is 0 Å². The molecule has 4 nitrogen and oxygen atoms in total. The van der Waals surface area contributed by atoms with Crippen LogP contribution in [0.1, 0.15) is 0 Å². The Morgan fingerprint density at radius 3 is 2.69 bits per heavy atom. The summed E-state index contributed by atoms with van der Waals surface area (Å²) in [6.45, 7) is -1.16. The molecule has 0 aliphatic carbocycles. The van der Waals surface area contributed by atoms with Crippen LogP contribution >= 0.6 is 0 Å². The second-order valence-corrected chi connectivity index (χ2v) is 2.08. The fraction of sp³-hybridized carbons (Fsp3) is 0.500. The van der Waals surface area contributed by atoms with E-state index >= 15 is 0 Å². The highest BCUT2D eigenvalue weighted by molar-refractivity contribution is 5.61. The summed E-state index contributed by atoms with van der Waals surface area (Å²) in [5.41, 5.74) is 0. The maximum atomic E-state index is 12.1. The fourth-order valence-corrected chi connectivity index (χ4v) is 0.614. The van der Waals surface area contributed by atoms with Crippen LogP contribution in [-0.2, 0) is 14.2 Å². The zero-order valence-corrected chi connectivity index (χ0v) is 6.26. The van der Waals surface area contributed by atoms with Gasteiger partial charge in [0.05, 0.1) is 0 Å². The summed E-state index contributed by atoms with van der Waals surface area (Å²) in [5, 5.41) is 0. The van der Waals surface area contributed by atoms with Gasteiger partial charge in [0.2, 0.25) is 6.29 Å². The Labute approximate surface area is 70.9 Å². The summed E-state index contributed by atoms with van der Waals surface area (Å²) >= 11 is 0. The lowest BCUT2D eigenvalue weighted by Crippen LogP contribution is -2.15. The van der Waals surface area contributed by atoms with Gasteiger partial charge in [0.25, 0.3) is 0 Å². The van der Waals surface area contributed by atoms with Crippen molar-refractivity contribution in [3.05, 3.63) is 11.9 Å². The molecule has 0 saturated carbocycles. The third kappa shape index (κ3) is 2.94. The summed E-state index contributed by atoms with van der Waals surface area (Å²) in [6.07, 6.45) is -4.53. The van der Waals surface area contributed by atoms with Gasteiger partial charge in [0.1, 0.15) is 6.61 Å². The number of carbonyl (C=O) groups is 1. The zero-order valence-electron chi connectivity index (χ0n) is 6.26. The predicted molar refractivity (Wildman–Crippen MR) is 32.5 cm³/mol. The molecule has 0 N–H and O–H groups in total. The van der Waals surface area contributed by atoms with Crippen LogP contribution in [0.4, 0.5) is 18.0 Å². The maximum Gasteiger partial charge on any atom is 0.510 e. The highest BCUT2D eigenvalue weighted by Gasteiger charge is 2.26. The SMILES string of the molecule is O=C1OCC(OCC(F)=C(F)F)O1. The highest BCUT2D eigenvalue weighted by Crippen LogP contribution is 2.13. The molecule has 0 aromatic heterocycles. The molecule has 1 fully saturated rings. The van der Waals surface area contributed by atoms with E-state index in [0.29, 0.717) is 0 Å². The van der Waals surface area contributed by atoms with Crippen molar-refractivity contribution in [1.29, 1.82) is 0 Å². The Morgan fingerprint density at radius 2 is 2.23 bits per heavy atom. The number of halogens is 3. The largest absolute Gasteiger partial charge is 0.510 e. The first-order valence-electron chi connectivity index (χ1n) is 3.24. The molecule has 1 aliphatic rings. The molecule has 0 spiro atoms. The van der Waals surface area contributed by atoms with Gasteiger partial charge in [-0.1, -0.05) is 0 Å². The first kappa shape index (κ1) is 9.85. The lowest BCUT2D eigenvalue weighted by Gasteiger charge is -2.05. The van der Waals surface area contributed by atoms with E-state index in [9.17, 15) is 18.0 Å². The third-order valence-corrected chi connectivity index (χ3v) is 1.17. The summed E-state index contributed by atoms with van der Waals surface area (Å²) in [6, 6.07) is 0. The topological polar surface area (TPSA) is 44.8 Å². The lowest BCUT2D eigenvalue weighted by atomic mass is 10.6. The fourth-order valence-electron chi connectivity index (χ4n) is 0.614. The average Bonchev–Trinajstić information content (AvgIpc) is 2.47. The van der Waals surface area contributed by atoms with Crippen LogP contribution in [0.25, 0.3) is 0 Å². The van der Waals surface area contributed by atoms with Gasteiger partial charge in [0.15, 0.2) is 12.4 Å². The summed E-state index contributed by atoms with van der Waals surface area (Å²) in [5.74, 6) is -1.69. The number of rotatable bonds is 3. The molecule has 13 heavy (non-hydrogen) atoms. The lowest BCUT2D eigenvalue weighted by molar-refractivity contribution is -0.0732. The number of hydrogen-bond donors (Lipinski definition) is 0. The standard InChI is InChI=1S/C6H5F3O4/c7-3(5(8)9)1-11-4-2-12-6(10)13-4/h4H,1-2H2. The van der Waals surface area contributed by atoms with Crippen LogP contribution in [0.3, 0.4) is 0 Å². The second kappa shape index (κ2) is 4.13. The predicted octanol–water partition coefficient (Wildman–Crippen LogP) is 1.57. The van der Waals surface area contributed by atoms with Crippen molar-refractivity contribution in [2.24, 2.45) is 0 Å². The van der Waals surface area contributed by atoms with Crippen molar-refractivity contribution in [3.8, 4) is 0 Å². The smallest absolute Gasteiger partial charge is 0.428 e. The monoisotopic (exact) mass is 198 g/mol. The van der Waals surface area contributed by atoms with Crippen LogP contribution in [0, 0.1) is 0 Å². The van der Waals surface area contributed by atoms with E-state index in [1.807, 2.05) is 0 Å². The quantitative estimate of drug-likeness (QED) is 0.645. The van der Waals surface area contributed by atoms with Gasteiger partial charge in [-0.15, -0.1) is 0 Å². The van der Waals surface area contributed by atoms with Crippen molar-refractivity contribution in [1.82, 2.24) is 0 Å². The maximum absolute atomic E-state index is 12.1. The van der Waals surface area contributed by atoms with Gasteiger partial charge in [0, 0.05) is 0 Å². The van der Waals surface area contributed by atoms with E-state index in [4.69, 9.17) is 0 Å². The van der Waals surface area contributed by atoms with Crippen LogP contribution in [0.2, 0.25) is 0 Å². The molecule has 0 bridgehead atoms. The van der Waals surface area contributed by atoms with Crippen molar-refractivity contribution in [2.45, 2.75) is 6.29 Å². The Balaban J connectivity index is 2.27. The van der Waals surface area contributed by atoms with Gasteiger partial charge in [-0.25, -0.2) is 9.18 Å². The van der Waals surface area contributed by atoms with Crippen LogP contribution in [0.5, 0.6) is 0 Å². The summed E-state index contributed by atoms with van der Waals surface area (Å²) in [7, 11) is 0. The van der Waals surface area contributed by atoms with Crippen molar-refractivity contribution in [3.63, 3.8) is 0 Å². The van der Waals surface area contributed by atoms with Gasteiger partial charge in [-0.2, -0.15) is 8.78 Å². The molecule has 1 unspecified atom stereocenters. The number of ether oxygens (including phenoxy) is 3. The average molecular weight is 198 g/mol. The molecule has 1 atom stereocenters. The normalized spacial score (nSPS) is 20.8. The Hall–Kier alpha value is -1.24. The van der Waals surface area contributed by atoms with Crippen LogP contribution in [-0.4, -0.2) is 25.7 Å². The van der Waals surface area contributed by atoms with Crippen molar-refractivity contribution < 1.29 is 32.2 Å². The van der Waals surface area contributed by atoms with Crippen molar-refractivity contribution >= 4 is 6.16 Å². The van der Waals surface area contributed by atoms with Gasteiger partial charge < -0.3 is 14.2 Å². The van der Waals surface area contributed by atoms with Gasteiger partial charge in [-0.3, -0.25) is 0 Å². The molecule has 1 heterocycles. The minimum atomic E-state index is -2.45. The van der Waals surface area contributed by atoms with E-state index in [1.165, 1.54) is 0 Å². The Morgan fingerprint density at radius 1 is 1.54 bits per heavy atom. The van der Waals surface area contributed by atoms with E-state index in [2.05, 4.69) is 14.2 Å². The molecule has 7 heteroatoms. The van der Waals surface area contributed by atoms with E-state index in [1.54, 1.807) is 0 Å². The number of cyclic esters (lactones) is 2.